The molecule has 1 heterocycles. The first-order valence-electron chi connectivity index (χ1n) is 6.75. The van der Waals surface area contributed by atoms with E-state index in [2.05, 4.69) is 23.2 Å². The van der Waals surface area contributed by atoms with Gasteiger partial charge in [0.15, 0.2) is 0 Å². The van der Waals surface area contributed by atoms with Crippen molar-refractivity contribution < 1.29 is 4.79 Å². The van der Waals surface area contributed by atoms with Crippen molar-refractivity contribution in [2.75, 3.05) is 19.6 Å². The van der Waals surface area contributed by atoms with E-state index in [0.717, 1.165) is 32.4 Å². The number of hydrogen-bond donors (Lipinski definition) is 1. The van der Waals surface area contributed by atoms with E-state index in [1.165, 1.54) is 0 Å². The Hall–Kier alpha value is -1.08. The quantitative estimate of drug-likeness (QED) is 0.830. The zero-order valence-corrected chi connectivity index (χ0v) is 12.0. The summed E-state index contributed by atoms with van der Waals surface area (Å²) < 4.78 is 0. The highest BCUT2D eigenvalue weighted by atomic mass is 16.2. The molecule has 1 rings (SSSR count). The van der Waals surface area contributed by atoms with E-state index in [1.54, 1.807) is 0 Å². The molecule has 0 spiro atoms. The summed E-state index contributed by atoms with van der Waals surface area (Å²) in [7, 11) is 0. The fourth-order valence-corrected chi connectivity index (χ4v) is 2.02. The summed E-state index contributed by atoms with van der Waals surface area (Å²) >= 11 is 0. The van der Waals surface area contributed by atoms with Gasteiger partial charge in [0.25, 0.3) is 0 Å². The van der Waals surface area contributed by atoms with Gasteiger partial charge in [-0.05, 0) is 40.0 Å². The molecular formula is C14H25N3O. The first kappa shape index (κ1) is 15.0. The molecule has 1 N–H and O–H groups in total. The van der Waals surface area contributed by atoms with Gasteiger partial charge < -0.3 is 5.32 Å². The molecule has 4 nitrogen and oxygen atoms in total. The topological polar surface area (TPSA) is 56.1 Å². The molecular weight excluding hydrogens is 226 g/mol. The van der Waals surface area contributed by atoms with Gasteiger partial charge in [0.05, 0.1) is 18.0 Å². The number of amides is 1. The molecule has 0 atom stereocenters. The van der Waals surface area contributed by atoms with Crippen LogP contribution < -0.4 is 5.32 Å². The number of likely N-dealkylation sites (tertiary alicyclic amines) is 1. The molecule has 4 heteroatoms. The Balaban J connectivity index is 2.38. The Bertz CT molecular complexity index is 335. The van der Waals surface area contributed by atoms with E-state index >= 15 is 0 Å². The summed E-state index contributed by atoms with van der Waals surface area (Å²) in [5.74, 6) is 0.0856. The first-order chi connectivity index (χ1) is 8.30. The highest BCUT2D eigenvalue weighted by Gasteiger charge is 2.30. The van der Waals surface area contributed by atoms with Gasteiger partial charge in [0.2, 0.25) is 5.91 Å². The van der Waals surface area contributed by atoms with E-state index in [9.17, 15) is 4.79 Å². The Morgan fingerprint density at radius 2 is 2.00 bits per heavy atom. The molecule has 0 unspecified atom stereocenters. The maximum atomic E-state index is 11.9. The van der Waals surface area contributed by atoms with Gasteiger partial charge in [0, 0.05) is 18.6 Å². The Kier molecular flexibility index (Phi) is 4.75. The number of carbonyl (C=O) groups excluding carboxylic acids is 1. The summed E-state index contributed by atoms with van der Waals surface area (Å²) in [6, 6.07) is 2.37. The number of nitriles is 1. The lowest BCUT2D eigenvalue weighted by atomic mass is 9.82. The van der Waals surface area contributed by atoms with Gasteiger partial charge in [0.1, 0.15) is 0 Å². The Labute approximate surface area is 110 Å². The average molecular weight is 251 g/mol. The fraction of sp³-hybridized carbons (Fsp3) is 0.857. The summed E-state index contributed by atoms with van der Waals surface area (Å²) in [5, 5.41) is 12.1. The molecule has 0 radical (unpaired) electrons. The summed E-state index contributed by atoms with van der Waals surface area (Å²) in [5.41, 5.74) is -0.330. The van der Waals surface area contributed by atoms with E-state index in [1.807, 2.05) is 20.8 Å². The maximum Gasteiger partial charge on any atom is 0.234 e. The van der Waals surface area contributed by atoms with Crippen molar-refractivity contribution in [2.45, 2.75) is 52.5 Å². The molecule has 1 fully saturated rings. The van der Waals surface area contributed by atoms with Crippen LogP contribution in [0, 0.1) is 16.7 Å². The molecule has 0 aromatic carbocycles. The molecule has 0 aromatic heterocycles. The van der Waals surface area contributed by atoms with Gasteiger partial charge in [-0.15, -0.1) is 0 Å². The predicted octanol–water partition coefficient (Wildman–Crippen LogP) is 1.92. The fourth-order valence-electron chi connectivity index (χ4n) is 2.02. The van der Waals surface area contributed by atoms with Crippen molar-refractivity contribution in [1.82, 2.24) is 10.2 Å². The minimum atomic E-state index is -0.199. The average Bonchev–Trinajstić information content (AvgIpc) is 2.32. The molecule has 18 heavy (non-hydrogen) atoms. The monoisotopic (exact) mass is 251 g/mol. The van der Waals surface area contributed by atoms with Crippen LogP contribution in [0.4, 0.5) is 0 Å². The molecule has 0 bridgehead atoms. The van der Waals surface area contributed by atoms with Crippen LogP contribution in [0.1, 0.15) is 47.0 Å². The van der Waals surface area contributed by atoms with E-state index < -0.39 is 0 Å². The van der Waals surface area contributed by atoms with Crippen LogP contribution in [0.5, 0.6) is 0 Å². The zero-order chi connectivity index (χ0) is 13.8. The standard InChI is InChI=1S/C14H25N3O/c1-5-13(2,3)16-12(18)10-17-8-6-14(4,11-15)7-9-17/h5-10H2,1-4H3,(H,16,18). The highest BCUT2D eigenvalue weighted by molar-refractivity contribution is 5.78. The molecule has 0 aromatic rings. The Morgan fingerprint density at radius 1 is 1.44 bits per heavy atom. The number of piperidine rings is 1. The number of hydrogen-bond acceptors (Lipinski definition) is 3. The van der Waals surface area contributed by atoms with E-state index in [-0.39, 0.29) is 16.9 Å². The van der Waals surface area contributed by atoms with Gasteiger partial charge in [-0.1, -0.05) is 6.92 Å². The molecule has 1 aliphatic heterocycles. The minimum absolute atomic E-state index is 0.0856. The van der Waals surface area contributed by atoms with Gasteiger partial charge in [-0.2, -0.15) is 5.26 Å². The third-order valence-corrected chi connectivity index (χ3v) is 3.96. The van der Waals surface area contributed by atoms with Crippen molar-refractivity contribution >= 4 is 5.91 Å². The second-order valence-electron chi connectivity index (χ2n) is 6.23. The predicted molar refractivity (Wildman–Crippen MR) is 71.9 cm³/mol. The zero-order valence-electron chi connectivity index (χ0n) is 12.0. The van der Waals surface area contributed by atoms with E-state index in [4.69, 9.17) is 5.26 Å². The number of nitrogens with one attached hydrogen (secondary N) is 1. The lowest BCUT2D eigenvalue weighted by Gasteiger charge is -2.35. The van der Waals surface area contributed by atoms with E-state index in [0.29, 0.717) is 6.54 Å². The maximum absolute atomic E-state index is 11.9. The largest absolute Gasteiger partial charge is 0.350 e. The number of carbonyl (C=O) groups is 1. The molecule has 0 aliphatic carbocycles. The summed E-state index contributed by atoms with van der Waals surface area (Å²) in [6.07, 6.45) is 2.63. The van der Waals surface area contributed by atoms with Gasteiger partial charge in [-0.25, -0.2) is 0 Å². The number of rotatable bonds is 4. The first-order valence-corrected chi connectivity index (χ1v) is 6.75. The van der Waals surface area contributed by atoms with Gasteiger partial charge in [-0.3, -0.25) is 9.69 Å². The third kappa shape index (κ3) is 4.30. The minimum Gasteiger partial charge on any atom is -0.350 e. The molecule has 102 valence electrons. The summed E-state index contributed by atoms with van der Waals surface area (Å²) in [6.45, 7) is 10.3. The van der Waals surface area contributed by atoms with Crippen LogP contribution >= 0.6 is 0 Å². The second kappa shape index (κ2) is 5.71. The Morgan fingerprint density at radius 3 is 2.44 bits per heavy atom. The van der Waals surface area contributed by atoms with Crippen molar-refractivity contribution in [3.8, 4) is 6.07 Å². The molecule has 1 saturated heterocycles. The van der Waals surface area contributed by atoms with Crippen molar-refractivity contribution in [2.24, 2.45) is 5.41 Å². The normalized spacial score (nSPS) is 20.2. The van der Waals surface area contributed by atoms with Crippen LogP contribution in [-0.4, -0.2) is 36.0 Å². The lowest BCUT2D eigenvalue weighted by Crippen LogP contribution is -2.49. The van der Waals surface area contributed by atoms with Crippen LogP contribution in [0.25, 0.3) is 0 Å². The number of nitrogens with zero attached hydrogens (tertiary/aromatic N) is 2. The van der Waals surface area contributed by atoms with Crippen LogP contribution in [-0.2, 0) is 4.79 Å². The summed E-state index contributed by atoms with van der Waals surface area (Å²) in [4.78, 5) is 14.0. The van der Waals surface area contributed by atoms with Crippen molar-refractivity contribution in [3.05, 3.63) is 0 Å². The molecule has 1 aliphatic rings. The highest BCUT2D eigenvalue weighted by Crippen LogP contribution is 2.29. The lowest BCUT2D eigenvalue weighted by molar-refractivity contribution is -0.124. The molecule has 1 amide bonds. The third-order valence-electron chi connectivity index (χ3n) is 3.96. The second-order valence-corrected chi connectivity index (χ2v) is 6.23. The SMILES string of the molecule is CCC(C)(C)NC(=O)CN1CCC(C)(C#N)CC1. The van der Waals surface area contributed by atoms with Crippen molar-refractivity contribution in [3.63, 3.8) is 0 Å². The van der Waals surface area contributed by atoms with Crippen LogP contribution in [0.2, 0.25) is 0 Å². The molecule has 0 saturated carbocycles. The van der Waals surface area contributed by atoms with Crippen molar-refractivity contribution in [1.29, 1.82) is 5.26 Å². The van der Waals surface area contributed by atoms with Gasteiger partial charge >= 0.3 is 0 Å². The smallest absolute Gasteiger partial charge is 0.234 e. The van der Waals surface area contributed by atoms with Crippen LogP contribution in [0.15, 0.2) is 0 Å². The van der Waals surface area contributed by atoms with Crippen LogP contribution in [0.3, 0.4) is 0 Å².